The van der Waals surface area contributed by atoms with Crippen molar-refractivity contribution in [3.05, 3.63) is 40.5 Å². The van der Waals surface area contributed by atoms with Gasteiger partial charge in [0.25, 0.3) is 5.89 Å². The Hall–Kier alpha value is -2.01. The Bertz CT molecular complexity index is 883. The molecule has 1 atom stereocenters. The first kappa shape index (κ1) is 20.3. The molecule has 2 rings (SSSR count). The summed E-state index contributed by atoms with van der Waals surface area (Å²) in [5.74, 6) is -0.291. The molecule has 2 aromatic rings. The zero-order chi connectivity index (χ0) is 19.3. The zero-order valence-corrected chi connectivity index (χ0v) is 15.9. The van der Waals surface area contributed by atoms with E-state index in [0.717, 1.165) is 6.07 Å². The molecule has 9 nitrogen and oxygen atoms in total. The van der Waals surface area contributed by atoms with Crippen LogP contribution in [0.1, 0.15) is 35.1 Å². The molecule has 0 saturated carbocycles. The highest BCUT2D eigenvalue weighted by Crippen LogP contribution is 2.24. The Morgan fingerprint density at radius 3 is 2.77 bits per heavy atom. The first-order valence-corrected chi connectivity index (χ1v) is 9.40. The van der Waals surface area contributed by atoms with Crippen LogP contribution >= 0.6 is 11.6 Å². The van der Waals surface area contributed by atoms with Crippen molar-refractivity contribution in [3.63, 3.8) is 0 Å². The van der Waals surface area contributed by atoms with Crippen LogP contribution in [0.5, 0.6) is 0 Å². The van der Waals surface area contributed by atoms with Gasteiger partial charge in [-0.05, 0) is 32.0 Å². The van der Waals surface area contributed by atoms with Crippen molar-refractivity contribution in [1.29, 1.82) is 0 Å². The number of benzene rings is 1. The van der Waals surface area contributed by atoms with Crippen LogP contribution in [0.15, 0.2) is 27.6 Å². The van der Waals surface area contributed by atoms with Gasteiger partial charge >= 0.3 is 5.97 Å². The van der Waals surface area contributed by atoms with E-state index in [1.54, 1.807) is 13.8 Å². The van der Waals surface area contributed by atoms with Gasteiger partial charge in [-0.2, -0.15) is 4.98 Å². The number of carbonyl (C=O) groups is 1. The molecule has 0 aliphatic carbocycles. The molecule has 1 heterocycles. The summed E-state index contributed by atoms with van der Waals surface area (Å²) in [6.07, 6.45) is -0.820. The summed E-state index contributed by atoms with van der Waals surface area (Å²) in [6, 6.07) is 3.75. The molecule has 26 heavy (non-hydrogen) atoms. The maximum absolute atomic E-state index is 12.4. The van der Waals surface area contributed by atoms with Crippen LogP contribution in [-0.2, 0) is 19.5 Å². The van der Waals surface area contributed by atoms with Crippen molar-refractivity contribution in [2.75, 3.05) is 20.3 Å². The molecule has 1 aromatic heterocycles. The van der Waals surface area contributed by atoms with Crippen molar-refractivity contribution >= 4 is 27.6 Å². The van der Waals surface area contributed by atoms with Gasteiger partial charge in [-0.3, -0.25) is 0 Å². The molecule has 1 unspecified atom stereocenters. The molecule has 1 aromatic carbocycles. The molecular formula is C15H18ClN3O6S. The van der Waals surface area contributed by atoms with Crippen LogP contribution in [-0.4, -0.2) is 44.8 Å². The molecule has 0 aliphatic rings. The van der Waals surface area contributed by atoms with Gasteiger partial charge in [-0.1, -0.05) is 16.8 Å². The number of aryl methyl sites for hydroxylation is 1. The second kappa shape index (κ2) is 8.58. The monoisotopic (exact) mass is 403 g/mol. The summed E-state index contributed by atoms with van der Waals surface area (Å²) < 4.78 is 41.8. The maximum atomic E-state index is 12.4. The van der Waals surface area contributed by atoms with E-state index in [9.17, 15) is 13.2 Å². The van der Waals surface area contributed by atoms with Crippen LogP contribution in [0.2, 0.25) is 5.02 Å². The van der Waals surface area contributed by atoms with Crippen LogP contribution < -0.4 is 4.72 Å². The van der Waals surface area contributed by atoms with Crippen LogP contribution in [0.4, 0.5) is 0 Å². The number of methoxy groups -OCH3 is 1. The molecule has 0 radical (unpaired) electrons. The number of rotatable bonds is 8. The van der Waals surface area contributed by atoms with E-state index in [1.165, 1.54) is 19.2 Å². The van der Waals surface area contributed by atoms with Gasteiger partial charge in [0.2, 0.25) is 10.0 Å². The number of nitrogens with zero attached hydrogens (tertiary/aromatic N) is 2. The first-order valence-electron chi connectivity index (χ1n) is 7.54. The number of carbonyl (C=O) groups excluding carboxylic acids is 1. The fraction of sp³-hybridized carbons (Fsp3) is 0.400. The van der Waals surface area contributed by atoms with E-state index in [2.05, 4.69) is 14.9 Å². The second-order valence-electron chi connectivity index (χ2n) is 5.26. The third-order valence-electron chi connectivity index (χ3n) is 3.24. The number of hydrogen-bond acceptors (Lipinski definition) is 8. The van der Waals surface area contributed by atoms with Crippen LogP contribution in [0, 0.1) is 6.92 Å². The summed E-state index contributed by atoms with van der Waals surface area (Å²) in [5, 5.41) is 3.67. The molecule has 0 fully saturated rings. The van der Waals surface area contributed by atoms with Gasteiger partial charge in [-0.25, -0.2) is 17.9 Å². The standard InChI is InChI=1S/C15H18ClN3O6S/c1-9(14-18-10(2)19-25-14)24-15(20)12-8-11(4-5-13(12)16)26(21,22)17-6-7-23-3/h4-5,8-9,17H,6-7H2,1-3H3. The number of sulfonamides is 1. The normalized spacial score (nSPS) is 12.8. The lowest BCUT2D eigenvalue weighted by Crippen LogP contribution is -2.27. The Morgan fingerprint density at radius 1 is 1.42 bits per heavy atom. The fourth-order valence-electron chi connectivity index (χ4n) is 1.94. The lowest BCUT2D eigenvalue weighted by Gasteiger charge is -2.12. The van der Waals surface area contributed by atoms with Gasteiger partial charge in [-0.15, -0.1) is 0 Å². The van der Waals surface area contributed by atoms with Crippen molar-refractivity contribution in [1.82, 2.24) is 14.9 Å². The minimum absolute atomic E-state index is 0.0553. The third kappa shape index (κ3) is 5.01. The SMILES string of the molecule is COCCNS(=O)(=O)c1ccc(Cl)c(C(=O)OC(C)c2nc(C)no2)c1. The first-order chi connectivity index (χ1) is 12.2. The molecular weight excluding hydrogens is 386 g/mol. The number of halogens is 1. The van der Waals surface area contributed by atoms with Gasteiger partial charge < -0.3 is 14.0 Å². The van der Waals surface area contributed by atoms with Gasteiger partial charge in [0.15, 0.2) is 11.9 Å². The molecule has 11 heteroatoms. The van der Waals surface area contributed by atoms with E-state index in [1.807, 2.05) is 0 Å². The number of hydrogen-bond donors (Lipinski definition) is 1. The average molecular weight is 404 g/mol. The molecule has 0 bridgehead atoms. The van der Waals surface area contributed by atoms with E-state index in [4.69, 9.17) is 25.6 Å². The largest absolute Gasteiger partial charge is 0.449 e. The number of esters is 1. The number of ether oxygens (including phenoxy) is 2. The minimum Gasteiger partial charge on any atom is -0.449 e. The smallest absolute Gasteiger partial charge is 0.340 e. The summed E-state index contributed by atoms with van der Waals surface area (Å²) in [4.78, 5) is 16.2. The molecule has 0 saturated heterocycles. The quantitative estimate of drug-likeness (QED) is 0.523. The highest BCUT2D eigenvalue weighted by Gasteiger charge is 2.23. The van der Waals surface area contributed by atoms with Crippen molar-refractivity contribution in [2.24, 2.45) is 0 Å². The van der Waals surface area contributed by atoms with E-state index >= 15 is 0 Å². The maximum Gasteiger partial charge on any atom is 0.340 e. The van der Waals surface area contributed by atoms with Gasteiger partial charge in [0.05, 0.1) is 22.1 Å². The highest BCUT2D eigenvalue weighted by atomic mass is 35.5. The molecule has 0 spiro atoms. The molecule has 1 N–H and O–H groups in total. The Labute approximate surface area is 155 Å². The lowest BCUT2D eigenvalue weighted by molar-refractivity contribution is 0.0265. The van der Waals surface area contributed by atoms with Crippen LogP contribution in [0.3, 0.4) is 0 Å². The average Bonchev–Trinajstić information content (AvgIpc) is 3.01. The topological polar surface area (TPSA) is 121 Å². The summed E-state index contributed by atoms with van der Waals surface area (Å²) >= 11 is 6.01. The second-order valence-corrected chi connectivity index (χ2v) is 7.43. The fourth-order valence-corrected chi connectivity index (χ4v) is 3.18. The van der Waals surface area contributed by atoms with Crippen molar-refractivity contribution in [3.8, 4) is 0 Å². The predicted molar refractivity (Wildman–Crippen MR) is 91.4 cm³/mol. The molecule has 0 amide bonds. The summed E-state index contributed by atoms with van der Waals surface area (Å²) in [5.41, 5.74) is -0.0932. The van der Waals surface area contributed by atoms with Gasteiger partial charge in [0, 0.05) is 13.7 Å². The van der Waals surface area contributed by atoms with Crippen LogP contribution in [0.25, 0.3) is 0 Å². The molecule has 0 aliphatic heterocycles. The molecule has 142 valence electrons. The third-order valence-corrected chi connectivity index (χ3v) is 5.03. The van der Waals surface area contributed by atoms with Crippen molar-refractivity contribution < 1.29 is 27.2 Å². The lowest BCUT2D eigenvalue weighted by atomic mass is 10.2. The highest BCUT2D eigenvalue weighted by molar-refractivity contribution is 7.89. The van der Waals surface area contributed by atoms with Gasteiger partial charge in [0.1, 0.15) is 0 Å². The predicted octanol–water partition coefficient (Wildman–Crippen LogP) is 1.87. The summed E-state index contributed by atoms with van der Waals surface area (Å²) in [6.45, 7) is 3.48. The Kier molecular flexibility index (Phi) is 6.70. The zero-order valence-electron chi connectivity index (χ0n) is 14.4. The summed E-state index contributed by atoms with van der Waals surface area (Å²) in [7, 11) is -2.36. The van der Waals surface area contributed by atoms with E-state index in [-0.39, 0.29) is 34.5 Å². The minimum atomic E-state index is -3.82. The number of aromatic nitrogens is 2. The van der Waals surface area contributed by atoms with Crippen molar-refractivity contribution in [2.45, 2.75) is 24.8 Å². The van der Waals surface area contributed by atoms with E-state index < -0.39 is 22.1 Å². The van der Waals surface area contributed by atoms with E-state index in [0.29, 0.717) is 5.82 Å². The Morgan fingerprint density at radius 2 is 2.15 bits per heavy atom. The number of nitrogens with one attached hydrogen (secondary N) is 1. The Balaban J connectivity index is 2.19.